The molecule has 2 rings (SSSR count). The van der Waals surface area contributed by atoms with Gasteiger partial charge in [0, 0.05) is 38.3 Å². The zero-order chi connectivity index (χ0) is 13.8. The number of hydrogen-bond donors (Lipinski definition) is 2. The molecule has 2 heterocycles. The number of carbonyl (C=O) groups excluding carboxylic acids is 1. The summed E-state index contributed by atoms with van der Waals surface area (Å²) in [6.07, 6.45) is 1.93. The molecule has 0 unspecified atom stereocenters. The average Bonchev–Trinajstić information content (AvgIpc) is 2.38. The largest absolute Gasteiger partial charge is 0.356 e. The first-order chi connectivity index (χ1) is 9.08. The minimum Gasteiger partial charge on any atom is -0.356 e. The van der Waals surface area contributed by atoms with Gasteiger partial charge in [0.2, 0.25) is 5.91 Å². The number of piperidine rings is 1. The monoisotopic (exact) mass is 262 g/mol. The van der Waals surface area contributed by atoms with E-state index in [0.717, 1.165) is 43.0 Å². The van der Waals surface area contributed by atoms with Crippen LogP contribution in [0.2, 0.25) is 0 Å². The Morgan fingerprint density at radius 2 is 2.16 bits per heavy atom. The summed E-state index contributed by atoms with van der Waals surface area (Å²) >= 11 is 0. The van der Waals surface area contributed by atoms with E-state index in [4.69, 9.17) is 5.73 Å². The molecule has 19 heavy (non-hydrogen) atoms. The Kier molecular flexibility index (Phi) is 4.37. The van der Waals surface area contributed by atoms with Crippen LogP contribution in [0.5, 0.6) is 0 Å². The highest BCUT2D eigenvalue weighted by Gasteiger charge is 2.20. The third-order valence-electron chi connectivity index (χ3n) is 3.46. The van der Waals surface area contributed by atoms with E-state index in [-0.39, 0.29) is 5.91 Å². The van der Waals surface area contributed by atoms with Crippen LogP contribution in [-0.4, -0.2) is 30.0 Å². The van der Waals surface area contributed by atoms with Crippen molar-refractivity contribution in [3.8, 4) is 0 Å². The molecule has 1 aromatic heterocycles. The second-order valence-electron chi connectivity index (χ2n) is 5.14. The number of hydrogen-bond acceptors (Lipinski definition) is 4. The zero-order valence-corrected chi connectivity index (χ0v) is 11.6. The first-order valence-corrected chi connectivity index (χ1v) is 6.78. The minimum absolute atomic E-state index is 0.0533. The molecule has 0 saturated carbocycles. The van der Waals surface area contributed by atoms with Gasteiger partial charge in [-0.3, -0.25) is 4.79 Å². The summed E-state index contributed by atoms with van der Waals surface area (Å²) in [6, 6.07) is 4.38. The molecule has 1 aliphatic heterocycles. The Hall–Kier alpha value is -1.62. The number of carbonyl (C=O) groups is 1. The molecule has 1 fully saturated rings. The Morgan fingerprint density at radius 1 is 1.47 bits per heavy atom. The number of nitrogens with two attached hydrogens (primary N) is 1. The Morgan fingerprint density at radius 3 is 2.74 bits per heavy atom. The lowest BCUT2D eigenvalue weighted by atomic mass is 10.0. The van der Waals surface area contributed by atoms with Crippen molar-refractivity contribution < 1.29 is 4.79 Å². The van der Waals surface area contributed by atoms with Crippen LogP contribution in [-0.2, 0) is 11.3 Å². The Bertz CT molecular complexity index is 453. The molecular weight excluding hydrogens is 240 g/mol. The van der Waals surface area contributed by atoms with E-state index in [1.807, 2.05) is 13.0 Å². The first-order valence-electron chi connectivity index (χ1n) is 6.78. The number of rotatable bonds is 3. The third-order valence-corrected chi connectivity index (χ3v) is 3.46. The predicted octanol–water partition coefficient (Wildman–Crippen LogP) is 0.954. The maximum Gasteiger partial charge on any atom is 0.217 e. The number of nitrogens with one attached hydrogen (secondary N) is 1. The fraction of sp³-hybridized carbons (Fsp3) is 0.571. The van der Waals surface area contributed by atoms with Crippen LogP contribution in [0.25, 0.3) is 0 Å². The number of amides is 1. The van der Waals surface area contributed by atoms with Crippen molar-refractivity contribution >= 4 is 11.7 Å². The molecule has 0 aromatic carbocycles. The van der Waals surface area contributed by atoms with Crippen molar-refractivity contribution in [1.82, 2.24) is 10.3 Å². The summed E-state index contributed by atoms with van der Waals surface area (Å²) in [7, 11) is 0. The second kappa shape index (κ2) is 6.02. The van der Waals surface area contributed by atoms with E-state index in [2.05, 4.69) is 21.3 Å². The topological polar surface area (TPSA) is 71.2 Å². The molecule has 0 radical (unpaired) electrons. The Labute approximate surface area is 114 Å². The summed E-state index contributed by atoms with van der Waals surface area (Å²) < 4.78 is 0. The highest BCUT2D eigenvalue weighted by molar-refractivity contribution is 5.73. The number of pyridine rings is 1. The fourth-order valence-electron chi connectivity index (χ4n) is 2.54. The highest BCUT2D eigenvalue weighted by Crippen LogP contribution is 2.20. The van der Waals surface area contributed by atoms with Gasteiger partial charge in [0.1, 0.15) is 5.82 Å². The van der Waals surface area contributed by atoms with Crippen molar-refractivity contribution in [2.24, 2.45) is 5.73 Å². The standard InChI is InChI=1S/C14H22N4O/c1-10-7-12(9-15)8-14(16-10)18-5-3-13(4-6-18)17-11(2)19/h7-8,13H,3-6,9,15H2,1-2H3,(H,17,19). The van der Waals surface area contributed by atoms with Gasteiger partial charge in [-0.1, -0.05) is 0 Å². The lowest BCUT2D eigenvalue weighted by molar-refractivity contribution is -0.119. The maximum atomic E-state index is 11.0. The van der Waals surface area contributed by atoms with Gasteiger partial charge in [0.25, 0.3) is 0 Å². The quantitative estimate of drug-likeness (QED) is 0.851. The lowest BCUT2D eigenvalue weighted by Gasteiger charge is -2.33. The molecule has 1 aromatic rings. The van der Waals surface area contributed by atoms with Crippen LogP contribution < -0.4 is 16.0 Å². The molecule has 1 aliphatic rings. The van der Waals surface area contributed by atoms with Gasteiger partial charge in [-0.25, -0.2) is 4.98 Å². The van der Waals surface area contributed by atoms with Gasteiger partial charge in [0.05, 0.1) is 0 Å². The molecule has 0 atom stereocenters. The molecule has 3 N–H and O–H groups in total. The molecule has 0 spiro atoms. The van der Waals surface area contributed by atoms with Crippen LogP contribution >= 0.6 is 0 Å². The molecule has 0 aliphatic carbocycles. The van der Waals surface area contributed by atoms with E-state index in [0.29, 0.717) is 12.6 Å². The van der Waals surface area contributed by atoms with Gasteiger partial charge >= 0.3 is 0 Å². The predicted molar refractivity (Wildman–Crippen MR) is 75.9 cm³/mol. The normalized spacial score (nSPS) is 16.5. The first kappa shape index (κ1) is 13.8. The van der Waals surface area contributed by atoms with Crippen molar-refractivity contribution in [1.29, 1.82) is 0 Å². The van der Waals surface area contributed by atoms with E-state index in [1.54, 1.807) is 6.92 Å². The summed E-state index contributed by atoms with van der Waals surface area (Å²) in [5.74, 6) is 1.05. The van der Waals surface area contributed by atoms with Gasteiger partial charge in [-0.05, 0) is 37.5 Å². The van der Waals surface area contributed by atoms with Gasteiger partial charge in [-0.2, -0.15) is 0 Å². The summed E-state index contributed by atoms with van der Waals surface area (Å²) in [5, 5.41) is 2.98. The van der Waals surface area contributed by atoms with Crippen LogP contribution in [0.4, 0.5) is 5.82 Å². The third kappa shape index (κ3) is 3.67. The van der Waals surface area contributed by atoms with Crippen LogP contribution in [0, 0.1) is 6.92 Å². The summed E-state index contributed by atoms with van der Waals surface area (Å²) in [6.45, 7) is 5.95. The maximum absolute atomic E-state index is 11.0. The summed E-state index contributed by atoms with van der Waals surface area (Å²) in [4.78, 5) is 17.9. The van der Waals surface area contributed by atoms with Crippen molar-refractivity contribution in [2.45, 2.75) is 39.3 Å². The fourth-order valence-corrected chi connectivity index (χ4v) is 2.54. The number of aryl methyl sites for hydroxylation is 1. The van der Waals surface area contributed by atoms with E-state index in [1.165, 1.54) is 0 Å². The molecule has 5 heteroatoms. The molecule has 0 bridgehead atoms. The van der Waals surface area contributed by atoms with Crippen molar-refractivity contribution in [2.75, 3.05) is 18.0 Å². The molecular formula is C14H22N4O. The van der Waals surface area contributed by atoms with Gasteiger partial charge < -0.3 is 16.0 Å². The lowest BCUT2D eigenvalue weighted by Crippen LogP contribution is -2.44. The van der Waals surface area contributed by atoms with Crippen molar-refractivity contribution in [3.05, 3.63) is 23.4 Å². The van der Waals surface area contributed by atoms with Crippen LogP contribution in [0.3, 0.4) is 0 Å². The van der Waals surface area contributed by atoms with E-state index in [9.17, 15) is 4.79 Å². The Balaban J connectivity index is 2.01. The van der Waals surface area contributed by atoms with Gasteiger partial charge in [0.15, 0.2) is 0 Å². The van der Waals surface area contributed by atoms with Crippen LogP contribution in [0.15, 0.2) is 12.1 Å². The highest BCUT2D eigenvalue weighted by atomic mass is 16.1. The zero-order valence-electron chi connectivity index (χ0n) is 11.6. The molecule has 104 valence electrons. The van der Waals surface area contributed by atoms with E-state index >= 15 is 0 Å². The molecule has 5 nitrogen and oxygen atoms in total. The SMILES string of the molecule is CC(=O)NC1CCN(c2cc(CN)cc(C)n2)CC1. The van der Waals surface area contributed by atoms with Gasteiger partial charge in [-0.15, -0.1) is 0 Å². The number of aromatic nitrogens is 1. The molecule has 1 saturated heterocycles. The van der Waals surface area contributed by atoms with E-state index < -0.39 is 0 Å². The summed E-state index contributed by atoms with van der Waals surface area (Å²) in [5.41, 5.74) is 7.82. The number of anilines is 1. The second-order valence-corrected chi connectivity index (χ2v) is 5.14. The molecule has 1 amide bonds. The number of nitrogens with zero attached hydrogens (tertiary/aromatic N) is 2. The van der Waals surface area contributed by atoms with Crippen molar-refractivity contribution in [3.63, 3.8) is 0 Å². The average molecular weight is 262 g/mol. The van der Waals surface area contributed by atoms with Crippen LogP contribution in [0.1, 0.15) is 31.0 Å². The smallest absolute Gasteiger partial charge is 0.217 e. The minimum atomic E-state index is 0.0533.